The van der Waals surface area contributed by atoms with E-state index in [1.165, 1.54) is 22.3 Å². The second-order valence-electron chi connectivity index (χ2n) is 10.2. The zero-order valence-corrected chi connectivity index (χ0v) is 18.0. The SMILES string of the molecule is CC1(C)CC2(CC(C)(C)c3ccc(Oc4ccc(O)cc4)cc32)c2cc(O)ccc21. The molecule has 0 aliphatic heterocycles. The van der Waals surface area contributed by atoms with Gasteiger partial charge in [-0.05, 0) is 94.5 Å². The summed E-state index contributed by atoms with van der Waals surface area (Å²) in [5.41, 5.74) is 5.18. The van der Waals surface area contributed by atoms with Crippen LogP contribution >= 0.6 is 0 Å². The summed E-state index contributed by atoms with van der Waals surface area (Å²) < 4.78 is 6.13. The predicted molar refractivity (Wildman–Crippen MR) is 119 cm³/mol. The zero-order valence-electron chi connectivity index (χ0n) is 18.0. The molecule has 5 rings (SSSR count). The van der Waals surface area contributed by atoms with Gasteiger partial charge in [0.25, 0.3) is 0 Å². The van der Waals surface area contributed by atoms with Gasteiger partial charge in [0.1, 0.15) is 23.0 Å². The molecular weight excluding hydrogens is 372 g/mol. The highest BCUT2D eigenvalue weighted by Gasteiger charge is 2.56. The molecule has 3 aromatic rings. The summed E-state index contributed by atoms with van der Waals surface area (Å²) in [6.07, 6.45) is 2.02. The quantitative estimate of drug-likeness (QED) is 0.513. The molecule has 1 atom stereocenters. The summed E-state index contributed by atoms with van der Waals surface area (Å²) >= 11 is 0. The van der Waals surface area contributed by atoms with E-state index in [0.717, 1.165) is 18.6 Å². The van der Waals surface area contributed by atoms with Gasteiger partial charge in [0.2, 0.25) is 0 Å². The van der Waals surface area contributed by atoms with E-state index < -0.39 is 0 Å². The first kappa shape index (κ1) is 19.0. The van der Waals surface area contributed by atoms with Crippen LogP contribution in [0.1, 0.15) is 62.8 Å². The van der Waals surface area contributed by atoms with Crippen LogP contribution in [-0.4, -0.2) is 10.2 Å². The Morgan fingerprint density at radius 1 is 0.600 bits per heavy atom. The van der Waals surface area contributed by atoms with E-state index >= 15 is 0 Å². The Balaban J connectivity index is 1.66. The van der Waals surface area contributed by atoms with Gasteiger partial charge in [0.15, 0.2) is 0 Å². The lowest BCUT2D eigenvalue weighted by Crippen LogP contribution is -2.26. The Morgan fingerprint density at radius 2 is 1.10 bits per heavy atom. The fourth-order valence-electron chi connectivity index (χ4n) is 6.03. The average Bonchev–Trinajstić information content (AvgIpc) is 3.03. The van der Waals surface area contributed by atoms with E-state index in [1.807, 2.05) is 18.2 Å². The van der Waals surface area contributed by atoms with Crippen molar-refractivity contribution < 1.29 is 14.9 Å². The third-order valence-corrected chi connectivity index (χ3v) is 7.04. The number of fused-ring (bicyclic) bond motifs is 4. The van der Waals surface area contributed by atoms with Crippen LogP contribution in [0.4, 0.5) is 0 Å². The van der Waals surface area contributed by atoms with E-state index in [0.29, 0.717) is 11.5 Å². The summed E-state index contributed by atoms with van der Waals surface area (Å²) in [6.45, 7) is 9.24. The highest BCUT2D eigenvalue weighted by Crippen LogP contribution is 2.63. The van der Waals surface area contributed by atoms with Gasteiger partial charge in [-0.2, -0.15) is 0 Å². The van der Waals surface area contributed by atoms with Crippen molar-refractivity contribution in [2.75, 3.05) is 0 Å². The van der Waals surface area contributed by atoms with Crippen molar-refractivity contribution in [1.82, 2.24) is 0 Å². The van der Waals surface area contributed by atoms with Crippen LogP contribution < -0.4 is 4.74 Å². The third-order valence-electron chi connectivity index (χ3n) is 7.04. The fraction of sp³-hybridized carbons (Fsp3) is 0.333. The Bertz CT molecular complexity index is 1140. The van der Waals surface area contributed by atoms with Crippen molar-refractivity contribution in [2.24, 2.45) is 0 Å². The predicted octanol–water partition coefficient (Wildman–Crippen LogP) is 6.54. The first-order valence-electron chi connectivity index (χ1n) is 10.6. The number of ether oxygens (including phenoxy) is 1. The molecule has 30 heavy (non-hydrogen) atoms. The van der Waals surface area contributed by atoms with Crippen LogP contribution in [0.15, 0.2) is 60.7 Å². The topological polar surface area (TPSA) is 49.7 Å². The van der Waals surface area contributed by atoms with Gasteiger partial charge in [0, 0.05) is 5.41 Å². The summed E-state index contributed by atoms with van der Waals surface area (Å²) in [5.74, 6) is 2.04. The van der Waals surface area contributed by atoms with Crippen LogP contribution in [0.5, 0.6) is 23.0 Å². The van der Waals surface area contributed by atoms with E-state index in [1.54, 1.807) is 24.3 Å². The second kappa shape index (κ2) is 6.04. The van der Waals surface area contributed by atoms with Crippen molar-refractivity contribution in [3.8, 4) is 23.0 Å². The van der Waals surface area contributed by atoms with Gasteiger partial charge in [-0.1, -0.05) is 39.8 Å². The number of benzene rings is 3. The minimum absolute atomic E-state index is 0.0363. The number of phenolic OH excluding ortho intramolecular Hbond substituents is 2. The molecule has 0 aromatic heterocycles. The van der Waals surface area contributed by atoms with Crippen molar-refractivity contribution in [1.29, 1.82) is 0 Å². The van der Waals surface area contributed by atoms with E-state index in [-0.39, 0.29) is 22.0 Å². The van der Waals surface area contributed by atoms with Gasteiger partial charge in [-0.25, -0.2) is 0 Å². The first-order chi connectivity index (χ1) is 14.1. The van der Waals surface area contributed by atoms with Crippen LogP contribution in [0, 0.1) is 0 Å². The third kappa shape index (κ3) is 2.72. The summed E-state index contributed by atoms with van der Waals surface area (Å²) in [5, 5.41) is 19.9. The lowest BCUT2D eigenvalue weighted by molar-refractivity contribution is 0.349. The Labute approximate surface area is 178 Å². The summed E-state index contributed by atoms with van der Waals surface area (Å²) in [7, 11) is 0. The molecule has 2 N–H and O–H groups in total. The maximum atomic E-state index is 10.3. The molecule has 3 heteroatoms. The molecule has 0 fully saturated rings. The number of hydrogen-bond acceptors (Lipinski definition) is 3. The van der Waals surface area contributed by atoms with E-state index in [2.05, 4.69) is 45.9 Å². The maximum absolute atomic E-state index is 10.3. The van der Waals surface area contributed by atoms with Gasteiger partial charge in [-0.15, -0.1) is 0 Å². The molecule has 2 aliphatic carbocycles. The summed E-state index contributed by atoms with van der Waals surface area (Å²) in [6, 6.07) is 19.1. The maximum Gasteiger partial charge on any atom is 0.127 e. The van der Waals surface area contributed by atoms with E-state index in [4.69, 9.17) is 4.74 Å². The number of rotatable bonds is 2. The molecule has 154 valence electrons. The average molecular weight is 401 g/mol. The smallest absolute Gasteiger partial charge is 0.127 e. The highest BCUT2D eigenvalue weighted by molar-refractivity contribution is 5.62. The van der Waals surface area contributed by atoms with Gasteiger partial charge in [-0.3, -0.25) is 0 Å². The van der Waals surface area contributed by atoms with Crippen molar-refractivity contribution in [3.05, 3.63) is 82.9 Å². The first-order valence-corrected chi connectivity index (χ1v) is 10.6. The molecule has 3 nitrogen and oxygen atoms in total. The Kier molecular flexibility index (Phi) is 3.83. The Hall–Kier alpha value is -2.94. The molecule has 0 heterocycles. The number of phenols is 2. The highest BCUT2D eigenvalue weighted by atomic mass is 16.5. The monoisotopic (exact) mass is 400 g/mol. The molecule has 0 saturated carbocycles. The number of aromatic hydroxyl groups is 2. The number of hydrogen-bond donors (Lipinski definition) is 2. The molecule has 0 bridgehead atoms. The van der Waals surface area contributed by atoms with Crippen LogP contribution in [0.3, 0.4) is 0 Å². The van der Waals surface area contributed by atoms with Crippen LogP contribution in [0.2, 0.25) is 0 Å². The van der Waals surface area contributed by atoms with Crippen LogP contribution in [0.25, 0.3) is 0 Å². The molecule has 0 saturated heterocycles. The standard InChI is InChI=1S/C27H28O3/c1-25(2)15-27(23-13-18(29)7-11-21(23)25)16-26(3,4)22-12-10-20(14-24(22)27)30-19-8-5-17(28)6-9-19/h5-14,28-29H,15-16H2,1-4H3. The molecule has 1 unspecified atom stereocenters. The molecule has 0 amide bonds. The van der Waals surface area contributed by atoms with Gasteiger partial charge >= 0.3 is 0 Å². The molecular formula is C27H28O3. The van der Waals surface area contributed by atoms with Crippen molar-refractivity contribution in [2.45, 2.75) is 56.8 Å². The van der Waals surface area contributed by atoms with E-state index in [9.17, 15) is 10.2 Å². The molecule has 1 spiro atoms. The normalized spacial score (nSPS) is 22.7. The summed E-state index contributed by atoms with van der Waals surface area (Å²) in [4.78, 5) is 0. The molecule has 0 radical (unpaired) electrons. The van der Waals surface area contributed by atoms with Gasteiger partial charge < -0.3 is 14.9 Å². The zero-order chi connectivity index (χ0) is 21.3. The van der Waals surface area contributed by atoms with Crippen molar-refractivity contribution >= 4 is 0 Å². The van der Waals surface area contributed by atoms with Crippen molar-refractivity contribution in [3.63, 3.8) is 0 Å². The molecule has 2 aliphatic rings. The molecule has 3 aromatic carbocycles. The fourth-order valence-corrected chi connectivity index (χ4v) is 6.03. The lowest BCUT2D eigenvalue weighted by atomic mass is 9.72. The van der Waals surface area contributed by atoms with Crippen LogP contribution in [-0.2, 0) is 16.2 Å². The Morgan fingerprint density at radius 3 is 1.73 bits per heavy atom. The minimum Gasteiger partial charge on any atom is -0.508 e. The lowest BCUT2D eigenvalue weighted by Gasteiger charge is -2.30. The minimum atomic E-state index is -0.134. The largest absolute Gasteiger partial charge is 0.508 e. The second-order valence-corrected chi connectivity index (χ2v) is 10.2. The van der Waals surface area contributed by atoms with Gasteiger partial charge in [0.05, 0.1) is 0 Å².